The van der Waals surface area contributed by atoms with Crippen molar-refractivity contribution in [1.29, 1.82) is 5.26 Å². The molecule has 2 heterocycles. The predicted molar refractivity (Wildman–Crippen MR) is 136 cm³/mol. The molecule has 0 spiro atoms. The molecule has 4 aromatic rings. The number of ketones is 1. The number of para-hydroxylation sites is 2. The molecule has 0 unspecified atom stereocenters. The molecule has 9 heteroatoms. The van der Waals surface area contributed by atoms with E-state index in [1.807, 2.05) is 30.3 Å². The third-order valence-electron chi connectivity index (χ3n) is 5.68. The Bertz CT molecular complexity index is 1650. The molecule has 0 N–H and O–H groups in total. The first-order valence-electron chi connectivity index (χ1n) is 10.9. The molecular weight excluding hydrogens is 476 g/mol. The number of hydrogen-bond acceptors (Lipinski definition) is 8. The Morgan fingerprint density at radius 1 is 0.972 bits per heavy atom. The maximum Gasteiger partial charge on any atom is 0.359 e. The number of aromatic nitrogens is 2. The molecule has 3 aromatic carbocycles. The number of carbonyl (C=O) groups is 2. The van der Waals surface area contributed by atoms with E-state index >= 15 is 0 Å². The van der Waals surface area contributed by atoms with E-state index in [0.29, 0.717) is 16.1 Å². The molecule has 0 bridgehead atoms. The number of Topliss-reactive ketones (excluding diaryl/α,β-unsaturated/α-hetero) is 1. The van der Waals surface area contributed by atoms with Gasteiger partial charge in [-0.1, -0.05) is 60.3 Å². The van der Waals surface area contributed by atoms with Crippen LogP contribution in [-0.2, 0) is 9.53 Å². The summed E-state index contributed by atoms with van der Waals surface area (Å²) >= 11 is 1.31. The van der Waals surface area contributed by atoms with Gasteiger partial charge in [-0.2, -0.15) is 15.0 Å². The first-order valence-corrected chi connectivity index (χ1v) is 11.7. The fourth-order valence-electron chi connectivity index (χ4n) is 3.91. The molecule has 1 aliphatic rings. The summed E-state index contributed by atoms with van der Waals surface area (Å²) in [6, 6.07) is 24.8. The van der Waals surface area contributed by atoms with Crippen molar-refractivity contribution in [3.63, 3.8) is 0 Å². The van der Waals surface area contributed by atoms with Crippen molar-refractivity contribution in [2.45, 2.75) is 4.90 Å². The summed E-state index contributed by atoms with van der Waals surface area (Å²) in [5.41, 5.74) is 0.776. The molecule has 176 valence electrons. The summed E-state index contributed by atoms with van der Waals surface area (Å²) in [6.07, 6.45) is 0. The number of fused-ring (bicyclic) bond motifs is 2. The Kier molecular flexibility index (Phi) is 6.10. The van der Waals surface area contributed by atoms with E-state index in [0.717, 1.165) is 15.3 Å². The Balaban J connectivity index is 1.44. The second-order valence-corrected chi connectivity index (χ2v) is 8.90. The number of thioether (sulfide) groups is 1. The van der Waals surface area contributed by atoms with Gasteiger partial charge in [0.15, 0.2) is 12.3 Å². The molecule has 36 heavy (non-hydrogen) atoms. The monoisotopic (exact) mass is 494 g/mol. The summed E-state index contributed by atoms with van der Waals surface area (Å²) in [7, 11) is 1.77. The molecule has 1 aromatic heterocycles. The van der Waals surface area contributed by atoms with Crippen molar-refractivity contribution in [3.8, 4) is 11.8 Å². The van der Waals surface area contributed by atoms with Crippen LogP contribution in [-0.4, -0.2) is 35.2 Å². The number of rotatable bonds is 5. The summed E-state index contributed by atoms with van der Waals surface area (Å²) in [5.74, 6) is -1.50. The largest absolute Gasteiger partial charge is 0.452 e. The van der Waals surface area contributed by atoms with Crippen LogP contribution in [0.2, 0.25) is 0 Å². The van der Waals surface area contributed by atoms with E-state index in [4.69, 9.17) is 4.74 Å². The van der Waals surface area contributed by atoms with Gasteiger partial charge in [-0.3, -0.25) is 9.59 Å². The molecular formula is C27H18N4O4S. The van der Waals surface area contributed by atoms with Crippen LogP contribution in [0.5, 0.6) is 0 Å². The highest BCUT2D eigenvalue weighted by Crippen LogP contribution is 2.46. The lowest BCUT2D eigenvalue weighted by molar-refractivity contribution is -0.118. The first kappa shape index (κ1) is 23.1. The summed E-state index contributed by atoms with van der Waals surface area (Å²) in [5, 5.41) is 15.0. The standard InChI is InChI=1S/C27H18N4O4S/c1-30-21-13-7-8-14-23(21)36-26(30)20(15-28)22(32)16-35-27(34)24-18-11-5-6-12-19(18)25(33)31(29-24)17-9-3-2-4-10-17/h2-14H,16H2,1H3/b26-20-. The number of hydrogen-bond donors (Lipinski definition) is 0. The van der Waals surface area contributed by atoms with Gasteiger partial charge < -0.3 is 9.64 Å². The normalized spacial score (nSPS) is 13.7. The van der Waals surface area contributed by atoms with Crippen LogP contribution in [0.15, 0.2) is 99.2 Å². The van der Waals surface area contributed by atoms with Crippen molar-refractivity contribution in [2.75, 3.05) is 18.6 Å². The number of benzene rings is 3. The number of nitrogens with zero attached hydrogens (tertiary/aromatic N) is 4. The van der Waals surface area contributed by atoms with Crippen LogP contribution in [0, 0.1) is 11.3 Å². The van der Waals surface area contributed by atoms with Gasteiger partial charge in [-0.15, -0.1) is 0 Å². The zero-order chi connectivity index (χ0) is 25.2. The zero-order valence-corrected chi connectivity index (χ0v) is 19.9. The van der Waals surface area contributed by atoms with Gasteiger partial charge >= 0.3 is 5.97 Å². The van der Waals surface area contributed by atoms with Crippen molar-refractivity contribution in [3.05, 3.63) is 106 Å². The molecule has 8 nitrogen and oxygen atoms in total. The average Bonchev–Trinajstić information content (AvgIpc) is 3.24. The smallest absolute Gasteiger partial charge is 0.359 e. The average molecular weight is 495 g/mol. The van der Waals surface area contributed by atoms with Gasteiger partial charge in [0.2, 0.25) is 5.78 Å². The first-order chi connectivity index (χ1) is 17.5. The van der Waals surface area contributed by atoms with E-state index in [2.05, 4.69) is 5.10 Å². The minimum absolute atomic E-state index is 0.0985. The summed E-state index contributed by atoms with van der Waals surface area (Å²) in [4.78, 5) is 41.7. The lowest BCUT2D eigenvalue weighted by atomic mass is 10.1. The van der Waals surface area contributed by atoms with Crippen LogP contribution in [0.1, 0.15) is 10.5 Å². The number of ether oxygens (including phenoxy) is 1. The van der Waals surface area contributed by atoms with Gasteiger partial charge in [-0.05, 0) is 30.3 Å². The Morgan fingerprint density at radius 2 is 1.64 bits per heavy atom. The number of anilines is 1. The van der Waals surface area contributed by atoms with E-state index < -0.39 is 18.4 Å². The van der Waals surface area contributed by atoms with Gasteiger partial charge in [0.05, 0.1) is 16.8 Å². The van der Waals surface area contributed by atoms with Gasteiger partial charge in [0.25, 0.3) is 5.56 Å². The molecule has 0 saturated heterocycles. The molecule has 0 atom stereocenters. The van der Waals surface area contributed by atoms with Crippen molar-refractivity contribution in [1.82, 2.24) is 9.78 Å². The van der Waals surface area contributed by atoms with E-state index in [-0.39, 0.29) is 22.2 Å². The van der Waals surface area contributed by atoms with E-state index in [1.54, 1.807) is 66.5 Å². The molecule has 1 aliphatic heterocycles. The SMILES string of the molecule is CN1/C(=C(\C#N)C(=O)COC(=O)c2nn(-c3ccccc3)c(=O)c3ccccc23)Sc2ccccc21. The fourth-order valence-corrected chi connectivity index (χ4v) is 5.07. The lowest BCUT2D eigenvalue weighted by Crippen LogP contribution is -2.26. The second-order valence-electron chi connectivity index (χ2n) is 7.87. The Hall–Kier alpha value is -4.68. The van der Waals surface area contributed by atoms with Crippen LogP contribution < -0.4 is 10.5 Å². The maximum absolute atomic E-state index is 13.1. The Morgan fingerprint density at radius 3 is 2.36 bits per heavy atom. The molecule has 5 rings (SSSR count). The topological polar surface area (TPSA) is 105 Å². The highest BCUT2D eigenvalue weighted by atomic mass is 32.2. The van der Waals surface area contributed by atoms with Crippen molar-refractivity contribution >= 4 is 40.0 Å². The predicted octanol–water partition coefficient (Wildman–Crippen LogP) is 4.09. The lowest BCUT2D eigenvalue weighted by Gasteiger charge is -2.15. The quantitative estimate of drug-likeness (QED) is 0.232. The minimum atomic E-state index is -0.873. The maximum atomic E-state index is 13.1. The minimum Gasteiger partial charge on any atom is -0.452 e. The second kappa shape index (κ2) is 9.52. The highest BCUT2D eigenvalue weighted by molar-refractivity contribution is 8.03. The van der Waals surface area contributed by atoms with Gasteiger partial charge in [-0.25, -0.2) is 4.79 Å². The molecule has 0 radical (unpaired) electrons. The Labute approximate surface area is 210 Å². The number of esters is 1. The van der Waals surface area contributed by atoms with Crippen LogP contribution in [0.25, 0.3) is 16.5 Å². The highest BCUT2D eigenvalue weighted by Gasteiger charge is 2.29. The summed E-state index contributed by atoms with van der Waals surface area (Å²) in [6.45, 7) is -0.642. The summed E-state index contributed by atoms with van der Waals surface area (Å²) < 4.78 is 6.43. The van der Waals surface area contributed by atoms with Crippen LogP contribution >= 0.6 is 11.8 Å². The number of carbonyl (C=O) groups excluding carboxylic acids is 2. The van der Waals surface area contributed by atoms with Gasteiger partial charge in [0, 0.05) is 17.3 Å². The molecule has 0 fully saturated rings. The third kappa shape index (κ3) is 4.04. The molecule has 0 aliphatic carbocycles. The third-order valence-corrected chi connectivity index (χ3v) is 6.91. The van der Waals surface area contributed by atoms with E-state index in [9.17, 15) is 19.6 Å². The zero-order valence-electron chi connectivity index (χ0n) is 19.0. The molecule has 0 saturated carbocycles. The fraction of sp³-hybridized carbons (Fsp3) is 0.0741. The van der Waals surface area contributed by atoms with E-state index in [1.165, 1.54) is 11.8 Å². The van der Waals surface area contributed by atoms with Crippen molar-refractivity contribution < 1.29 is 14.3 Å². The van der Waals surface area contributed by atoms with Crippen LogP contribution in [0.4, 0.5) is 5.69 Å². The van der Waals surface area contributed by atoms with Crippen molar-refractivity contribution in [2.24, 2.45) is 0 Å². The molecule has 0 amide bonds. The van der Waals surface area contributed by atoms with Crippen LogP contribution in [0.3, 0.4) is 0 Å². The number of nitriles is 1. The van der Waals surface area contributed by atoms with Gasteiger partial charge in [0.1, 0.15) is 16.7 Å².